The van der Waals surface area contributed by atoms with Crippen molar-refractivity contribution in [1.29, 1.82) is 0 Å². The van der Waals surface area contributed by atoms with Crippen molar-refractivity contribution in [3.05, 3.63) is 29.8 Å². The minimum Gasteiger partial charge on any atom is -0.496 e. The van der Waals surface area contributed by atoms with Crippen molar-refractivity contribution in [1.82, 2.24) is 0 Å². The molecule has 0 fully saturated rings. The molecule has 0 saturated carbocycles. The zero-order chi connectivity index (χ0) is 10.6. The lowest BCUT2D eigenvalue weighted by atomic mass is 10.0. The fourth-order valence-corrected chi connectivity index (χ4v) is 1.22. The largest absolute Gasteiger partial charge is 0.496 e. The minimum atomic E-state index is -1.19. The lowest BCUT2D eigenvalue weighted by Gasteiger charge is -2.18. The number of aliphatic hydroxyl groups excluding tert-OH is 3. The van der Waals surface area contributed by atoms with Crippen LogP contribution in [0, 0.1) is 0 Å². The maximum Gasteiger partial charge on any atom is 0.124 e. The van der Waals surface area contributed by atoms with Crippen LogP contribution in [-0.4, -0.2) is 35.1 Å². The predicted molar refractivity (Wildman–Crippen MR) is 51.0 cm³/mol. The first-order chi connectivity index (χ1) is 6.70. The van der Waals surface area contributed by atoms with Gasteiger partial charge in [-0.2, -0.15) is 0 Å². The number of methoxy groups -OCH3 is 1. The van der Waals surface area contributed by atoms with Crippen LogP contribution < -0.4 is 4.74 Å². The van der Waals surface area contributed by atoms with Gasteiger partial charge in [0.25, 0.3) is 0 Å². The van der Waals surface area contributed by atoms with Crippen LogP contribution >= 0.6 is 0 Å². The van der Waals surface area contributed by atoms with Gasteiger partial charge in [-0.1, -0.05) is 18.2 Å². The first-order valence-electron chi connectivity index (χ1n) is 4.30. The molecular formula is C10H14O4. The highest BCUT2D eigenvalue weighted by molar-refractivity contribution is 5.35. The molecule has 0 bridgehead atoms. The van der Waals surface area contributed by atoms with E-state index in [9.17, 15) is 10.2 Å². The van der Waals surface area contributed by atoms with Gasteiger partial charge in [-0.15, -0.1) is 0 Å². The number of hydrogen-bond donors (Lipinski definition) is 3. The molecule has 0 spiro atoms. The fraction of sp³-hybridized carbons (Fsp3) is 0.400. The Morgan fingerprint density at radius 2 is 1.93 bits per heavy atom. The van der Waals surface area contributed by atoms with E-state index in [4.69, 9.17) is 9.84 Å². The molecule has 0 aliphatic carbocycles. The van der Waals surface area contributed by atoms with Crippen LogP contribution in [0.3, 0.4) is 0 Å². The third-order valence-electron chi connectivity index (χ3n) is 2.01. The lowest BCUT2D eigenvalue weighted by Crippen LogP contribution is -2.22. The molecule has 0 aliphatic rings. The van der Waals surface area contributed by atoms with Crippen molar-refractivity contribution in [2.24, 2.45) is 0 Å². The maximum atomic E-state index is 9.61. The first kappa shape index (κ1) is 11.0. The molecule has 1 aromatic carbocycles. The molecule has 2 unspecified atom stereocenters. The van der Waals surface area contributed by atoms with Gasteiger partial charge < -0.3 is 20.1 Å². The Hall–Kier alpha value is -1.10. The van der Waals surface area contributed by atoms with Gasteiger partial charge in [0.05, 0.1) is 13.7 Å². The van der Waals surface area contributed by atoms with Crippen molar-refractivity contribution >= 4 is 0 Å². The average Bonchev–Trinajstić information content (AvgIpc) is 2.26. The van der Waals surface area contributed by atoms with Crippen LogP contribution in [-0.2, 0) is 0 Å². The molecule has 1 rings (SSSR count). The van der Waals surface area contributed by atoms with Crippen LogP contribution in [0.2, 0.25) is 0 Å². The summed E-state index contributed by atoms with van der Waals surface area (Å²) in [7, 11) is 1.48. The smallest absolute Gasteiger partial charge is 0.124 e. The minimum absolute atomic E-state index is 0.469. The van der Waals surface area contributed by atoms with Gasteiger partial charge in [-0.3, -0.25) is 0 Å². The van der Waals surface area contributed by atoms with Gasteiger partial charge in [0.1, 0.15) is 18.0 Å². The Balaban J connectivity index is 2.93. The van der Waals surface area contributed by atoms with E-state index in [1.807, 2.05) is 0 Å². The molecular weight excluding hydrogens is 184 g/mol. The number of benzene rings is 1. The molecule has 0 saturated heterocycles. The molecule has 2 atom stereocenters. The van der Waals surface area contributed by atoms with E-state index in [1.165, 1.54) is 7.11 Å². The van der Waals surface area contributed by atoms with Crippen molar-refractivity contribution < 1.29 is 20.1 Å². The number of aliphatic hydroxyl groups is 3. The maximum absolute atomic E-state index is 9.61. The fourth-order valence-electron chi connectivity index (χ4n) is 1.22. The zero-order valence-electron chi connectivity index (χ0n) is 7.92. The molecule has 14 heavy (non-hydrogen) atoms. The van der Waals surface area contributed by atoms with Crippen molar-refractivity contribution in [3.63, 3.8) is 0 Å². The Labute approximate surface area is 82.4 Å². The summed E-state index contributed by atoms with van der Waals surface area (Å²) in [6, 6.07) is 6.82. The summed E-state index contributed by atoms with van der Waals surface area (Å²) >= 11 is 0. The monoisotopic (exact) mass is 198 g/mol. The van der Waals surface area contributed by atoms with Crippen LogP contribution in [0.15, 0.2) is 24.3 Å². The van der Waals surface area contributed by atoms with E-state index < -0.39 is 18.8 Å². The van der Waals surface area contributed by atoms with Crippen LogP contribution in [0.4, 0.5) is 0 Å². The van der Waals surface area contributed by atoms with Gasteiger partial charge >= 0.3 is 0 Å². The van der Waals surface area contributed by atoms with Crippen molar-refractivity contribution in [3.8, 4) is 5.75 Å². The molecule has 0 amide bonds. The molecule has 4 nitrogen and oxygen atoms in total. The molecule has 0 heterocycles. The summed E-state index contributed by atoms with van der Waals surface area (Å²) in [6.45, 7) is -0.487. The number of rotatable bonds is 4. The molecule has 4 heteroatoms. The van der Waals surface area contributed by atoms with Gasteiger partial charge in [0.2, 0.25) is 0 Å². The Morgan fingerprint density at radius 3 is 2.50 bits per heavy atom. The van der Waals surface area contributed by atoms with Gasteiger partial charge in [0, 0.05) is 5.56 Å². The summed E-state index contributed by atoms with van der Waals surface area (Å²) in [6.07, 6.45) is -2.32. The van der Waals surface area contributed by atoms with E-state index in [2.05, 4.69) is 0 Å². The van der Waals surface area contributed by atoms with E-state index in [0.717, 1.165) is 0 Å². The van der Waals surface area contributed by atoms with Crippen LogP contribution in [0.5, 0.6) is 5.75 Å². The second-order valence-corrected chi connectivity index (χ2v) is 2.94. The third-order valence-corrected chi connectivity index (χ3v) is 2.01. The highest BCUT2D eigenvalue weighted by atomic mass is 16.5. The SMILES string of the molecule is COc1ccccc1C(O)C(O)CO. The number of para-hydroxylation sites is 1. The second-order valence-electron chi connectivity index (χ2n) is 2.94. The quantitative estimate of drug-likeness (QED) is 0.641. The number of ether oxygens (including phenoxy) is 1. The van der Waals surface area contributed by atoms with E-state index in [1.54, 1.807) is 24.3 Å². The number of hydrogen-bond acceptors (Lipinski definition) is 4. The third kappa shape index (κ3) is 2.23. The predicted octanol–water partition coefficient (Wildman–Crippen LogP) is 0.0818. The Bertz CT molecular complexity index is 287. The highest BCUT2D eigenvalue weighted by Gasteiger charge is 2.20. The topological polar surface area (TPSA) is 69.9 Å². The molecule has 0 radical (unpaired) electrons. The summed E-state index contributed by atoms with van der Waals surface area (Å²) in [5.74, 6) is 0.493. The lowest BCUT2D eigenvalue weighted by molar-refractivity contribution is -0.0162. The highest BCUT2D eigenvalue weighted by Crippen LogP contribution is 2.26. The average molecular weight is 198 g/mol. The summed E-state index contributed by atoms with van der Waals surface area (Å²) in [4.78, 5) is 0. The van der Waals surface area contributed by atoms with Gasteiger partial charge in [-0.25, -0.2) is 0 Å². The first-order valence-corrected chi connectivity index (χ1v) is 4.30. The van der Waals surface area contributed by atoms with Crippen LogP contribution in [0.1, 0.15) is 11.7 Å². The Kier molecular flexibility index (Phi) is 3.88. The molecule has 3 N–H and O–H groups in total. The van der Waals surface area contributed by atoms with E-state index in [0.29, 0.717) is 11.3 Å². The van der Waals surface area contributed by atoms with Crippen molar-refractivity contribution in [2.45, 2.75) is 12.2 Å². The molecule has 0 aromatic heterocycles. The van der Waals surface area contributed by atoms with E-state index >= 15 is 0 Å². The molecule has 78 valence electrons. The van der Waals surface area contributed by atoms with E-state index in [-0.39, 0.29) is 0 Å². The van der Waals surface area contributed by atoms with Gasteiger partial charge in [-0.05, 0) is 6.07 Å². The second kappa shape index (κ2) is 4.95. The van der Waals surface area contributed by atoms with Crippen molar-refractivity contribution in [2.75, 3.05) is 13.7 Å². The van der Waals surface area contributed by atoms with Gasteiger partial charge in [0.15, 0.2) is 0 Å². The summed E-state index contributed by atoms with van der Waals surface area (Å²) in [5, 5.41) is 27.5. The Morgan fingerprint density at radius 1 is 1.29 bits per heavy atom. The summed E-state index contributed by atoms with van der Waals surface area (Å²) < 4.78 is 5.01. The normalized spacial score (nSPS) is 14.9. The molecule has 0 aliphatic heterocycles. The summed E-state index contributed by atoms with van der Waals surface area (Å²) in [5.41, 5.74) is 0.469. The molecule has 1 aromatic rings. The van der Waals surface area contributed by atoms with Crippen LogP contribution in [0.25, 0.3) is 0 Å². The standard InChI is InChI=1S/C10H14O4/c1-14-9-5-3-2-4-7(9)10(13)8(12)6-11/h2-5,8,10-13H,6H2,1H3. The zero-order valence-corrected chi connectivity index (χ0v) is 7.92.